The van der Waals surface area contributed by atoms with Gasteiger partial charge in [-0.1, -0.05) is 182 Å². The first kappa shape index (κ1) is 42.3. The van der Waals surface area contributed by atoms with Gasteiger partial charge in [-0.15, -0.1) is 0 Å². The molecule has 9 aromatic carbocycles. The van der Waals surface area contributed by atoms with E-state index < -0.39 is 0 Å². The number of aryl methyl sites for hydroxylation is 3. The smallest absolute Gasteiger partial charge is 0.160 e. The molecule has 4 nitrogen and oxygen atoms in total. The molecular formula is C67H50N4. The van der Waals surface area contributed by atoms with E-state index in [1.54, 1.807) is 0 Å². The molecule has 12 aromatic rings. The molecular weight excluding hydrogens is 861 g/mol. The van der Waals surface area contributed by atoms with Crippen LogP contribution < -0.4 is 0 Å². The van der Waals surface area contributed by atoms with E-state index in [1.807, 2.05) is 0 Å². The number of hydrogen-bond donors (Lipinski definition) is 0. The summed E-state index contributed by atoms with van der Waals surface area (Å²) in [5, 5.41) is 4.87. The largest absolute Gasteiger partial charge is 0.309 e. The molecule has 338 valence electrons. The minimum Gasteiger partial charge on any atom is -0.309 e. The molecule has 1 unspecified atom stereocenters. The van der Waals surface area contributed by atoms with E-state index in [2.05, 4.69) is 260 Å². The molecule has 71 heavy (non-hydrogen) atoms. The van der Waals surface area contributed by atoms with E-state index >= 15 is 0 Å². The second-order valence-corrected chi connectivity index (χ2v) is 19.1. The van der Waals surface area contributed by atoms with E-state index in [0.29, 0.717) is 5.82 Å². The third kappa shape index (κ3) is 7.30. The van der Waals surface area contributed by atoms with Gasteiger partial charge in [0.05, 0.1) is 39.1 Å². The first-order valence-corrected chi connectivity index (χ1v) is 24.7. The normalized spacial score (nSPS) is 13.5. The molecule has 0 aliphatic heterocycles. The lowest BCUT2D eigenvalue weighted by Gasteiger charge is -2.22. The van der Waals surface area contributed by atoms with Crippen molar-refractivity contribution in [1.29, 1.82) is 0 Å². The number of allylic oxidation sites excluding steroid dienone is 4. The lowest BCUT2D eigenvalue weighted by Crippen LogP contribution is -2.06. The zero-order valence-electron chi connectivity index (χ0n) is 40.0. The summed E-state index contributed by atoms with van der Waals surface area (Å²) in [5.41, 5.74) is 21.5. The van der Waals surface area contributed by atoms with Crippen molar-refractivity contribution in [3.63, 3.8) is 0 Å². The Balaban J connectivity index is 1.15. The van der Waals surface area contributed by atoms with E-state index in [0.717, 1.165) is 73.6 Å². The number of benzene rings is 9. The summed E-state index contributed by atoms with van der Waals surface area (Å²) in [4.78, 5) is 10.9. The van der Waals surface area contributed by atoms with Crippen LogP contribution in [0.5, 0.6) is 0 Å². The molecule has 3 heterocycles. The van der Waals surface area contributed by atoms with Gasteiger partial charge in [0.15, 0.2) is 5.82 Å². The van der Waals surface area contributed by atoms with Gasteiger partial charge in [0.1, 0.15) is 0 Å². The minimum atomic E-state index is 0.143. The molecule has 0 N–H and O–H groups in total. The number of rotatable bonds is 8. The summed E-state index contributed by atoms with van der Waals surface area (Å²) in [7, 11) is 0. The summed E-state index contributed by atoms with van der Waals surface area (Å²) < 4.78 is 4.97. The Kier molecular flexibility index (Phi) is 10.3. The summed E-state index contributed by atoms with van der Waals surface area (Å²) in [5.74, 6) is 0.846. The van der Waals surface area contributed by atoms with Crippen LogP contribution in [0.25, 0.3) is 111 Å². The fourth-order valence-electron chi connectivity index (χ4n) is 11.4. The fourth-order valence-corrected chi connectivity index (χ4v) is 11.4. The lowest BCUT2D eigenvalue weighted by molar-refractivity contribution is 0.811. The third-order valence-corrected chi connectivity index (χ3v) is 14.5. The predicted molar refractivity (Wildman–Crippen MR) is 298 cm³/mol. The van der Waals surface area contributed by atoms with Crippen molar-refractivity contribution >= 4 is 43.6 Å². The van der Waals surface area contributed by atoms with Crippen molar-refractivity contribution < 1.29 is 0 Å². The Morgan fingerprint density at radius 3 is 1.62 bits per heavy atom. The molecule has 1 atom stereocenters. The molecule has 3 aromatic heterocycles. The van der Waals surface area contributed by atoms with Gasteiger partial charge in [-0.3, -0.25) is 0 Å². The summed E-state index contributed by atoms with van der Waals surface area (Å²) in [6.07, 6.45) is 9.64. The molecule has 1 aliphatic carbocycles. The van der Waals surface area contributed by atoms with Crippen LogP contribution in [0.2, 0.25) is 0 Å². The molecule has 0 saturated carbocycles. The van der Waals surface area contributed by atoms with Gasteiger partial charge in [-0.2, -0.15) is 0 Å². The Morgan fingerprint density at radius 2 is 1.00 bits per heavy atom. The van der Waals surface area contributed by atoms with E-state index in [-0.39, 0.29) is 5.92 Å². The van der Waals surface area contributed by atoms with Crippen molar-refractivity contribution in [2.24, 2.45) is 0 Å². The number of aromatic nitrogens is 4. The number of nitrogens with zero attached hydrogens (tertiary/aromatic N) is 4. The van der Waals surface area contributed by atoms with Crippen molar-refractivity contribution in [1.82, 2.24) is 19.1 Å². The quantitative estimate of drug-likeness (QED) is 0.152. The highest BCUT2D eigenvalue weighted by molar-refractivity contribution is 6.14. The highest BCUT2D eigenvalue weighted by atomic mass is 15.0. The maximum absolute atomic E-state index is 5.46. The van der Waals surface area contributed by atoms with Gasteiger partial charge in [0.2, 0.25) is 0 Å². The van der Waals surface area contributed by atoms with Crippen molar-refractivity contribution in [2.45, 2.75) is 33.1 Å². The number of para-hydroxylation sites is 2. The van der Waals surface area contributed by atoms with Crippen LogP contribution in [-0.4, -0.2) is 19.1 Å². The van der Waals surface area contributed by atoms with Gasteiger partial charge in [-0.05, 0) is 115 Å². The standard InChI is InChI=1S/C67H50N4/c1-43-36-44(2)65(45(3)37-43)50-32-35-63-58(38-50)55-34-33-52(70-61-30-18-16-28-53(61)54-29-17-19-31-62(54)70)41-64(55)71(63)66-56(46-20-8-4-9-21-46)39-51(40-57(66)47-22-10-5-11-23-47)67-68-59(48-24-12-6-13-25-48)42-60(69-67)49-26-14-7-15-27-49/h4-26,28-42,49H,27H2,1-3H3. The molecule has 0 amide bonds. The van der Waals surface area contributed by atoms with E-state index in [4.69, 9.17) is 9.97 Å². The Morgan fingerprint density at radius 1 is 0.423 bits per heavy atom. The van der Waals surface area contributed by atoms with Gasteiger partial charge >= 0.3 is 0 Å². The van der Waals surface area contributed by atoms with Crippen LogP contribution in [0, 0.1) is 20.8 Å². The monoisotopic (exact) mass is 910 g/mol. The summed E-state index contributed by atoms with van der Waals surface area (Å²) in [6.45, 7) is 6.67. The van der Waals surface area contributed by atoms with Crippen LogP contribution in [0.3, 0.4) is 0 Å². The molecule has 13 rings (SSSR count). The van der Waals surface area contributed by atoms with Crippen molar-refractivity contribution in [3.8, 4) is 67.4 Å². The highest BCUT2D eigenvalue weighted by Gasteiger charge is 2.25. The average molecular weight is 911 g/mol. The maximum Gasteiger partial charge on any atom is 0.160 e. The van der Waals surface area contributed by atoms with E-state index in [9.17, 15) is 0 Å². The molecule has 1 aliphatic rings. The highest BCUT2D eigenvalue weighted by Crippen LogP contribution is 2.46. The SMILES string of the molecule is Cc1cc(C)c(-c2ccc3c(c2)c2ccc(-n4c5ccccc5c5ccccc54)cc2n3-c2c(-c3ccccc3)cc(-c3nc(-c4ccccc4)cc(C4C=CC=CC4)n3)cc2-c2ccccc2)c(C)c1. The fraction of sp³-hybridized carbons (Fsp3) is 0.0746. The average Bonchev–Trinajstić information content (AvgIpc) is 3.93. The Hall–Kier alpha value is -8.86. The first-order chi connectivity index (χ1) is 34.9. The van der Waals surface area contributed by atoms with Crippen LogP contribution in [0.15, 0.2) is 231 Å². The molecule has 0 fully saturated rings. The molecule has 4 heteroatoms. The van der Waals surface area contributed by atoms with Crippen LogP contribution >= 0.6 is 0 Å². The molecule has 0 radical (unpaired) electrons. The zero-order valence-corrected chi connectivity index (χ0v) is 40.0. The molecule has 0 saturated heterocycles. The topological polar surface area (TPSA) is 35.6 Å². The Bertz CT molecular complexity index is 3960. The number of fused-ring (bicyclic) bond motifs is 6. The lowest BCUT2D eigenvalue weighted by atomic mass is 9.91. The zero-order chi connectivity index (χ0) is 47.6. The van der Waals surface area contributed by atoms with Crippen molar-refractivity contribution in [2.75, 3.05) is 0 Å². The first-order valence-electron chi connectivity index (χ1n) is 24.7. The van der Waals surface area contributed by atoms with Gasteiger partial charge < -0.3 is 9.13 Å². The molecule has 0 bridgehead atoms. The van der Waals surface area contributed by atoms with Gasteiger partial charge in [0.25, 0.3) is 0 Å². The second kappa shape index (κ2) is 17.3. The third-order valence-electron chi connectivity index (χ3n) is 14.5. The minimum absolute atomic E-state index is 0.143. The predicted octanol–water partition coefficient (Wildman–Crippen LogP) is 17.5. The molecule has 0 spiro atoms. The van der Waals surface area contributed by atoms with Crippen molar-refractivity contribution in [3.05, 3.63) is 253 Å². The Labute approximate surface area is 414 Å². The summed E-state index contributed by atoms with van der Waals surface area (Å²) in [6, 6.07) is 75.4. The van der Waals surface area contributed by atoms with Crippen LogP contribution in [0.1, 0.15) is 34.7 Å². The maximum atomic E-state index is 5.46. The van der Waals surface area contributed by atoms with Gasteiger partial charge in [-0.25, -0.2) is 9.97 Å². The van der Waals surface area contributed by atoms with E-state index in [1.165, 1.54) is 60.4 Å². The number of hydrogen-bond acceptors (Lipinski definition) is 2. The van der Waals surface area contributed by atoms with Crippen LogP contribution in [-0.2, 0) is 0 Å². The van der Waals surface area contributed by atoms with Crippen LogP contribution in [0.4, 0.5) is 0 Å². The second-order valence-electron chi connectivity index (χ2n) is 19.1. The van der Waals surface area contributed by atoms with Gasteiger partial charge in [0, 0.05) is 55.4 Å². The summed E-state index contributed by atoms with van der Waals surface area (Å²) >= 11 is 0.